The normalized spacial score (nSPS) is 16.0. The van der Waals surface area contributed by atoms with Crippen LogP contribution in [0.25, 0.3) is 0 Å². The lowest BCUT2D eigenvalue weighted by Gasteiger charge is -2.10. The number of rotatable bonds is 9. The predicted molar refractivity (Wildman–Crippen MR) is 74.3 cm³/mol. The number of nitrogens with two attached hydrogens (primary N) is 3. The summed E-state index contributed by atoms with van der Waals surface area (Å²) in [7, 11) is -0.526. The van der Waals surface area contributed by atoms with Gasteiger partial charge in [0.15, 0.2) is 0 Å². The minimum Gasteiger partial charge on any atom is -0.480 e. The van der Waals surface area contributed by atoms with Crippen LogP contribution in [0.4, 0.5) is 0 Å². The number of carbonyl (C=O) groups excluding carboxylic acids is 1. The van der Waals surface area contributed by atoms with Crippen LogP contribution in [0.15, 0.2) is 0 Å². The minimum atomic E-state index is -1.04. The quantitative estimate of drug-likeness (QED) is 0.316. The molecule has 18 heavy (non-hydrogen) atoms. The zero-order valence-corrected chi connectivity index (χ0v) is 11.6. The van der Waals surface area contributed by atoms with E-state index in [1.54, 1.807) is 6.26 Å². The molecule has 0 amide bonds. The Morgan fingerprint density at radius 2 is 1.78 bits per heavy atom. The molecule has 0 aromatic heterocycles. The van der Waals surface area contributed by atoms with Crippen LogP contribution in [0.5, 0.6) is 0 Å². The number of unbranched alkanes of at least 4 members (excludes halogenated alkanes) is 1. The molecular formula is C11H24N3O3S+. The van der Waals surface area contributed by atoms with Crippen LogP contribution in [0.3, 0.4) is 0 Å². The third-order valence-corrected chi connectivity index (χ3v) is 4.51. The molecule has 0 radical (unpaired) electrons. The second kappa shape index (κ2) is 9.32. The fourth-order valence-electron chi connectivity index (χ4n) is 1.41. The summed E-state index contributed by atoms with van der Waals surface area (Å²) in [6.07, 6.45) is 4.44. The lowest BCUT2D eigenvalue weighted by Crippen LogP contribution is -2.39. The Hall–Kier alpha value is -0.630. The molecule has 7 N–H and O–H groups in total. The van der Waals surface area contributed by atoms with E-state index in [0.29, 0.717) is 25.1 Å². The number of carboxylic acid groups (broad SMARTS) is 1. The fraction of sp³-hybridized carbons (Fsp3) is 0.818. The van der Waals surface area contributed by atoms with E-state index in [9.17, 15) is 9.59 Å². The van der Waals surface area contributed by atoms with Crippen LogP contribution in [0.2, 0.25) is 0 Å². The number of carbonyl (C=O) groups is 2. The van der Waals surface area contributed by atoms with Gasteiger partial charge in [0.1, 0.15) is 24.1 Å². The summed E-state index contributed by atoms with van der Waals surface area (Å²) in [5, 5.41) is 8.65. The lowest BCUT2D eigenvalue weighted by atomic mass is 10.1. The van der Waals surface area contributed by atoms with Crippen molar-refractivity contribution < 1.29 is 14.7 Å². The molecule has 0 saturated carbocycles. The van der Waals surface area contributed by atoms with Crippen molar-refractivity contribution in [2.45, 2.75) is 37.8 Å². The molecule has 7 heteroatoms. The molecule has 0 aliphatic heterocycles. The van der Waals surface area contributed by atoms with Crippen LogP contribution in [-0.4, -0.2) is 46.8 Å². The third kappa shape index (κ3) is 6.95. The van der Waals surface area contributed by atoms with Crippen molar-refractivity contribution in [3.8, 4) is 0 Å². The van der Waals surface area contributed by atoms with E-state index in [0.717, 1.165) is 12.8 Å². The van der Waals surface area contributed by atoms with Gasteiger partial charge in [-0.15, -0.1) is 0 Å². The van der Waals surface area contributed by atoms with Gasteiger partial charge in [0.05, 0.1) is 10.9 Å². The average molecular weight is 278 g/mol. The van der Waals surface area contributed by atoms with E-state index in [2.05, 4.69) is 0 Å². The van der Waals surface area contributed by atoms with Crippen LogP contribution in [-0.2, 0) is 20.5 Å². The Balaban J connectivity index is 3.97. The monoisotopic (exact) mass is 278 g/mol. The molecule has 0 saturated heterocycles. The van der Waals surface area contributed by atoms with Gasteiger partial charge >= 0.3 is 11.1 Å². The minimum absolute atomic E-state index is 0.00427. The molecule has 0 aliphatic rings. The first-order chi connectivity index (χ1) is 8.40. The van der Waals surface area contributed by atoms with Gasteiger partial charge in [-0.05, 0) is 25.8 Å². The van der Waals surface area contributed by atoms with Gasteiger partial charge in [-0.2, -0.15) is 0 Å². The van der Waals surface area contributed by atoms with Crippen molar-refractivity contribution in [3.63, 3.8) is 0 Å². The Labute approximate surface area is 111 Å². The summed E-state index contributed by atoms with van der Waals surface area (Å²) in [5.41, 5.74) is 16.5. The molecule has 0 rings (SSSR count). The average Bonchev–Trinajstić information content (AvgIpc) is 2.34. The Kier molecular flexibility index (Phi) is 8.99. The van der Waals surface area contributed by atoms with Gasteiger partial charge in [-0.25, -0.2) is 4.79 Å². The second-order valence-corrected chi connectivity index (χ2v) is 6.37. The molecule has 0 aromatic carbocycles. The van der Waals surface area contributed by atoms with Gasteiger partial charge < -0.3 is 22.3 Å². The van der Waals surface area contributed by atoms with E-state index in [1.807, 2.05) is 0 Å². The molecule has 0 aromatic rings. The smallest absolute Gasteiger partial charge is 0.347 e. The molecule has 0 spiro atoms. The van der Waals surface area contributed by atoms with E-state index in [-0.39, 0.29) is 5.12 Å². The summed E-state index contributed by atoms with van der Waals surface area (Å²) in [6.45, 7) is 0.603. The second-order valence-electron chi connectivity index (χ2n) is 4.28. The molecule has 3 atom stereocenters. The van der Waals surface area contributed by atoms with Crippen molar-refractivity contribution in [3.05, 3.63) is 0 Å². The highest BCUT2D eigenvalue weighted by molar-refractivity contribution is 8.10. The van der Waals surface area contributed by atoms with Crippen molar-refractivity contribution in [2.24, 2.45) is 17.2 Å². The maximum atomic E-state index is 11.9. The molecule has 0 fully saturated rings. The summed E-state index contributed by atoms with van der Waals surface area (Å²) in [4.78, 5) is 22.4. The van der Waals surface area contributed by atoms with E-state index < -0.39 is 28.9 Å². The largest absolute Gasteiger partial charge is 0.480 e. The number of hydrogen-bond acceptors (Lipinski definition) is 5. The SMILES string of the molecule is C[S+](CC[C@H](N)C(=O)O)C(=O)[C@@H](N)CCCCN. The van der Waals surface area contributed by atoms with Crippen molar-refractivity contribution in [1.29, 1.82) is 0 Å². The van der Waals surface area contributed by atoms with E-state index in [1.165, 1.54) is 0 Å². The predicted octanol–water partition coefficient (Wildman–Crippen LogP) is -0.981. The lowest BCUT2D eigenvalue weighted by molar-refractivity contribution is -0.138. The first-order valence-corrected chi connectivity index (χ1v) is 7.80. The van der Waals surface area contributed by atoms with Gasteiger partial charge in [-0.1, -0.05) is 0 Å². The summed E-state index contributed by atoms with van der Waals surface area (Å²) >= 11 is 0. The summed E-state index contributed by atoms with van der Waals surface area (Å²) < 4.78 is 0. The third-order valence-electron chi connectivity index (χ3n) is 2.67. The van der Waals surface area contributed by atoms with E-state index >= 15 is 0 Å². The Morgan fingerprint density at radius 1 is 1.17 bits per heavy atom. The Bertz CT molecular complexity index is 276. The highest BCUT2D eigenvalue weighted by atomic mass is 32.2. The van der Waals surface area contributed by atoms with Crippen LogP contribution < -0.4 is 17.2 Å². The standard InChI is InChI=1S/C11H23N3O3S/c1-18(7-5-8(13)10(15)16)11(17)9(14)4-2-3-6-12/h8-9H,2-7,12-14H2,1H3/p+1/t8-,9-,18?/m0/s1. The van der Waals surface area contributed by atoms with Gasteiger partial charge in [0.25, 0.3) is 0 Å². The molecule has 1 unspecified atom stereocenters. The van der Waals surface area contributed by atoms with Crippen molar-refractivity contribution >= 4 is 22.0 Å². The summed E-state index contributed by atoms with van der Waals surface area (Å²) in [5.74, 6) is -0.552. The molecule has 6 nitrogen and oxygen atoms in total. The summed E-state index contributed by atoms with van der Waals surface area (Å²) in [6, 6.07) is -1.37. The number of hydrogen-bond donors (Lipinski definition) is 4. The zero-order chi connectivity index (χ0) is 14.1. The highest BCUT2D eigenvalue weighted by Crippen LogP contribution is 2.07. The molecule has 0 bridgehead atoms. The first-order valence-electron chi connectivity index (χ1n) is 6.00. The van der Waals surface area contributed by atoms with Gasteiger partial charge in [0.2, 0.25) is 0 Å². The molecule has 106 valence electrons. The van der Waals surface area contributed by atoms with Crippen LogP contribution in [0, 0.1) is 0 Å². The highest BCUT2D eigenvalue weighted by Gasteiger charge is 2.30. The van der Waals surface area contributed by atoms with Gasteiger partial charge in [-0.3, -0.25) is 4.79 Å². The maximum absolute atomic E-state index is 11.9. The molecule has 0 aliphatic carbocycles. The van der Waals surface area contributed by atoms with Crippen LogP contribution in [0.1, 0.15) is 25.7 Å². The number of aliphatic carboxylic acids is 1. The van der Waals surface area contributed by atoms with E-state index in [4.69, 9.17) is 22.3 Å². The topological polar surface area (TPSA) is 132 Å². The van der Waals surface area contributed by atoms with Crippen LogP contribution >= 0.6 is 0 Å². The zero-order valence-electron chi connectivity index (χ0n) is 10.8. The van der Waals surface area contributed by atoms with Gasteiger partial charge in [0, 0.05) is 6.42 Å². The van der Waals surface area contributed by atoms with Crippen molar-refractivity contribution in [1.82, 2.24) is 0 Å². The Morgan fingerprint density at radius 3 is 2.28 bits per heavy atom. The molecule has 0 heterocycles. The molecular weight excluding hydrogens is 254 g/mol. The number of carboxylic acids is 1. The fourth-order valence-corrected chi connectivity index (χ4v) is 2.86. The first kappa shape index (κ1) is 17.4. The van der Waals surface area contributed by atoms with Crippen molar-refractivity contribution in [2.75, 3.05) is 18.6 Å². The maximum Gasteiger partial charge on any atom is 0.347 e.